The third-order valence-corrected chi connectivity index (χ3v) is 1.42. The molecule has 0 radical (unpaired) electrons. The number of primary amides is 1. The van der Waals surface area contributed by atoms with Gasteiger partial charge in [-0.15, -0.1) is 0 Å². The van der Waals surface area contributed by atoms with Crippen LogP contribution in [0.4, 0.5) is 0 Å². The van der Waals surface area contributed by atoms with Crippen LogP contribution in [0.15, 0.2) is 17.4 Å². The Bertz CT molecular complexity index is 257. The number of rotatable bonds is 3. The van der Waals surface area contributed by atoms with Crippen molar-refractivity contribution in [2.75, 3.05) is 0 Å². The Balaban J connectivity index is 2.42. The van der Waals surface area contributed by atoms with E-state index in [1.54, 1.807) is 18.6 Å². The van der Waals surface area contributed by atoms with Crippen LogP contribution in [0, 0.1) is 0 Å². The summed E-state index contributed by atoms with van der Waals surface area (Å²) in [7, 11) is 0. The van der Waals surface area contributed by atoms with Crippen LogP contribution in [-0.2, 0) is 9.59 Å². The number of carbonyl (C=O) groups excluding carboxylic acids is 2. The second-order valence-electron chi connectivity index (χ2n) is 2.38. The summed E-state index contributed by atoms with van der Waals surface area (Å²) >= 11 is 0. The predicted molar refractivity (Wildman–Crippen MR) is 43.4 cm³/mol. The number of Topliss-reactive ketones (excluding diaryl/α,β-unsaturated/α-hetero) is 1. The summed E-state index contributed by atoms with van der Waals surface area (Å²) in [6, 6.07) is -0.213. The lowest BCUT2D eigenvalue weighted by Crippen LogP contribution is -2.34. The summed E-state index contributed by atoms with van der Waals surface area (Å²) in [5.41, 5.74) is 4.77. The van der Waals surface area contributed by atoms with Crippen LogP contribution in [0.3, 0.4) is 0 Å². The van der Waals surface area contributed by atoms with Gasteiger partial charge in [-0.1, -0.05) is 0 Å². The van der Waals surface area contributed by atoms with E-state index in [-0.39, 0.29) is 12.5 Å². The molecule has 64 valence electrons. The first-order valence-electron chi connectivity index (χ1n) is 3.47. The van der Waals surface area contributed by atoms with Gasteiger partial charge >= 0.3 is 0 Å². The minimum Gasteiger partial charge on any atom is -0.381 e. The Labute approximate surface area is 69.3 Å². The molecule has 0 saturated heterocycles. The van der Waals surface area contributed by atoms with E-state index in [2.05, 4.69) is 10.3 Å². The summed E-state index contributed by atoms with van der Waals surface area (Å²) in [6.07, 6.45) is 4.79. The smallest absolute Gasteiger partial charge is 0.284 e. The summed E-state index contributed by atoms with van der Waals surface area (Å²) in [5, 5.41) is 2.85. The normalized spacial score (nSPS) is 20.2. The van der Waals surface area contributed by atoms with E-state index >= 15 is 0 Å². The molecular formula is C7H9N3O2. The monoisotopic (exact) mass is 167 g/mol. The summed E-state index contributed by atoms with van der Waals surface area (Å²) in [5.74, 6) is -1.49. The Morgan fingerprint density at radius 2 is 2.33 bits per heavy atom. The molecule has 1 amide bonds. The highest BCUT2D eigenvalue weighted by molar-refractivity contribution is 6.35. The fourth-order valence-electron chi connectivity index (χ4n) is 0.818. The molecule has 5 nitrogen and oxygen atoms in total. The number of hydrogen-bond donors (Lipinski definition) is 2. The van der Waals surface area contributed by atoms with E-state index in [4.69, 9.17) is 5.73 Å². The summed E-state index contributed by atoms with van der Waals surface area (Å²) < 4.78 is 0. The van der Waals surface area contributed by atoms with Gasteiger partial charge in [-0.25, -0.2) is 0 Å². The molecular weight excluding hydrogens is 158 g/mol. The Morgan fingerprint density at radius 3 is 2.83 bits per heavy atom. The molecule has 1 aliphatic heterocycles. The SMILES string of the molecule is NC(=O)C(=O)CC1C=NC=CN1. The maximum Gasteiger partial charge on any atom is 0.284 e. The van der Waals surface area contributed by atoms with Gasteiger partial charge in [-0.2, -0.15) is 0 Å². The van der Waals surface area contributed by atoms with Crippen molar-refractivity contribution >= 4 is 17.9 Å². The number of nitrogens with zero attached hydrogens (tertiary/aromatic N) is 1. The zero-order chi connectivity index (χ0) is 8.97. The molecule has 1 atom stereocenters. The molecule has 1 rings (SSSR count). The fraction of sp³-hybridized carbons (Fsp3) is 0.286. The van der Waals surface area contributed by atoms with Crippen LogP contribution in [0.2, 0.25) is 0 Å². The van der Waals surface area contributed by atoms with Crippen LogP contribution in [-0.4, -0.2) is 23.9 Å². The lowest BCUT2D eigenvalue weighted by atomic mass is 10.1. The van der Waals surface area contributed by atoms with Gasteiger partial charge in [0.1, 0.15) is 0 Å². The maximum absolute atomic E-state index is 10.8. The zero-order valence-electron chi connectivity index (χ0n) is 6.36. The van der Waals surface area contributed by atoms with Crippen molar-refractivity contribution in [2.45, 2.75) is 12.5 Å². The quantitative estimate of drug-likeness (QED) is 0.526. The minimum atomic E-state index is -0.903. The molecule has 5 heteroatoms. The van der Waals surface area contributed by atoms with Crippen LogP contribution in [0.5, 0.6) is 0 Å². The fourth-order valence-corrected chi connectivity index (χ4v) is 0.818. The molecule has 0 saturated carbocycles. The number of aliphatic imine (C=N–C) groups is 1. The van der Waals surface area contributed by atoms with E-state index in [0.717, 1.165) is 0 Å². The number of carbonyl (C=O) groups is 2. The molecule has 0 aliphatic carbocycles. The van der Waals surface area contributed by atoms with E-state index in [1.165, 1.54) is 0 Å². The molecule has 0 aromatic rings. The third kappa shape index (κ3) is 2.19. The van der Waals surface area contributed by atoms with Crippen molar-refractivity contribution in [1.82, 2.24) is 5.32 Å². The first-order valence-corrected chi connectivity index (χ1v) is 3.47. The van der Waals surface area contributed by atoms with E-state index < -0.39 is 11.7 Å². The molecule has 0 fully saturated rings. The topological polar surface area (TPSA) is 84.6 Å². The van der Waals surface area contributed by atoms with Crippen LogP contribution in [0.25, 0.3) is 0 Å². The highest BCUT2D eigenvalue weighted by Crippen LogP contribution is 1.94. The van der Waals surface area contributed by atoms with Crippen LogP contribution >= 0.6 is 0 Å². The number of nitrogens with one attached hydrogen (secondary N) is 1. The predicted octanol–water partition coefficient (Wildman–Crippen LogP) is -1.06. The van der Waals surface area contributed by atoms with Gasteiger partial charge in [-0.3, -0.25) is 14.6 Å². The first-order chi connectivity index (χ1) is 5.70. The highest BCUT2D eigenvalue weighted by atomic mass is 16.2. The summed E-state index contributed by atoms with van der Waals surface area (Å²) in [6.45, 7) is 0. The zero-order valence-corrected chi connectivity index (χ0v) is 6.36. The van der Waals surface area contributed by atoms with Crippen molar-refractivity contribution in [3.8, 4) is 0 Å². The van der Waals surface area contributed by atoms with Crippen molar-refractivity contribution in [1.29, 1.82) is 0 Å². The van der Waals surface area contributed by atoms with Gasteiger partial charge < -0.3 is 11.1 Å². The lowest BCUT2D eigenvalue weighted by molar-refractivity contribution is -0.136. The number of nitrogens with two attached hydrogens (primary N) is 1. The Kier molecular flexibility index (Phi) is 2.57. The minimum absolute atomic E-state index is 0.0587. The standard InChI is InChI=1S/C7H9N3O2/c8-7(12)6(11)3-5-4-9-1-2-10-5/h1-2,4-5,10H,3H2,(H2,8,12). The molecule has 0 aromatic heterocycles. The van der Waals surface area contributed by atoms with Crippen molar-refractivity contribution in [2.24, 2.45) is 10.7 Å². The largest absolute Gasteiger partial charge is 0.381 e. The molecule has 1 heterocycles. The van der Waals surface area contributed by atoms with E-state index in [0.29, 0.717) is 0 Å². The molecule has 1 unspecified atom stereocenters. The second-order valence-corrected chi connectivity index (χ2v) is 2.38. The molecule has 12 heavy (non-hydrogen) atoms. The third-order valence-electron chi connectivity index (χ3n) is 1.42. The number of hydrogen-bond acceptors (Lipinski definition) is 4. The first kappa shape index (κ1) is 8.45. The average Bonchev–Trinajstić information content (AvgIpc) is 2.06. The second kappa shape index (κ2) is 3.66. The van der Waals surface area contributed by atoms with Crippen LogP contribution in [0.1, 0.15) is 6.42 Å². The van der Waals surface area contributed by atoms with E-state index in [1.807, 2.05) is 0 Å². The highest BCUT2D eigenvalue weighted by Gasteiger charge is 2.15. The molecule has 0 aromatic carbocycles. The van der Waals surface area contributed by atoms with Gasteiger partial charge in [0.25, 0.3) is 5.91 Å². The van der Waals surface area contributed by atoms with Crippen molar-refractivity contribution in [3.05, 3.63) is 12.4 Å². The van der Waals surface area contributed by atoms with Gasteiger partial charge in [0, 0.05) is 25.0 Å². The summed E-state index contributed by atoms with van der Waals surface area (Å²) in [4.78, 5) is 25.0. The van der Waals surface area contributed by atoms with Crippen molar-refractivity contribution < 1.29 is 9.59 Å². The molecule has 1 aliphatic rings. The number of ketones is 1. The Hall–Kier alpha value is -1.65. The maximum atomic E-state index is 10.8. The molecule has 3 N–H and O–H groups in total. The van der Waals surface area contributed by atoms with Gasteiger partial charge in [0.15, 0.2) is 0 Å². The molecule has 0 spiro atoms. The Morgan fingerprint density at radius 1 is 1.58 bits per heavy atom. The van der Waals surface area contributed by atoms with Crippen molar-refractivity contribution in [3.63, 3.8) is 0 Å². The van der Waals surface area contributed by atoms with Crippen LogP contribution < -0.4 is 11.1 Å². The lowest BCUT2D eigenvalue weighted by Gasteiger charge is -2.12. The number of amides is 1. The van der Waals surface area contributed by atoms with Gasteiger partial charge in [0.05, 0.1) is 6.04 Å². The molecule has 0 bridgehead atoms. The van der Waals surface area contributed by atoms with E-state index in [9.17, 15) is 9.59 Å². The van der Waals surface area contributed by atoms with Gasteiger partial charge in [0.2, 0.25) is 5.78 Å². The average molecular weight is 167 g/mol. The van der Waals surface area contributed by atoms with Gasteiger partial charge in [-0.05, 0) is 0 Å².